The minimum absolute atomic E-state index is 0.0584. The van der Waals surface area contributed by atoms with Gasteiger partial charge in [0.05, 0.1) is 16.7 Å². The Labute approximate surface area is 166 Å². The topological polar surface area (TPSA) is 94.0 Å². The Bertz CT molecular complexity index is 924. The summed E-state index contributed by atoms with van der Waals surface area (Å²) < 4.78 is 26.4. The molecule has 1 saturated carbocycles. The minimum Gasteiger partial charge on any atom is -0.310 e. The lowest BCUT2D eigenvalue weighted by Crippen LogP contribution is -2.25. The number of anilines is 1. The number of hydrogen-bond donors (Lipinski definition) is 1. The molecule has 1 N–H and O–H groups in total. The fourth-order valence-corrected chi connectivity index (χ4v) is 5.20. The molecule has 0 aromatic carbocycles. The summed E-state index contributed by atoms with van der Waals surface area (Å²) in [5.41, 5.74) is 0.609. The number of carbonyl (C=O) groups is 1. The molecule has 0 aliphatic heterocycles. The third-order valence-corrected chi connectivity index (χ3v) is 7.30. The van der Waals surface area contributed by atoms with Gasteiger partial charge in [-0.05, 0) is 25.0 Å². The summed E-state index contributed by atoms with van der Waals surface area (Å²) in [4.78, 5) is 16.8. The second-order valence-electron chi connectivity index (χ2n) is 8.34. The van der Waals surface area contributed by atoms with E-state index in [1.54, 1.807) is 16.9 Å². The van der Waals surface area contributed by atoms with E-state index in [2.05, 4.69) is 15.4 Å². The van der Waals surface area contributed by atoms with Crippen molar-refractivity contribution in [3.8, 4) is 5.82 Å². The maximum atomic E-state index is 12.5. The molecule has 1 amide bonds. The van der Waals surface area contributed by atoms with Crippen LogP contribution in [-0.4, -0.2) is 40.1 Å². The predicted molar refractivity (Wildman–Crippen MR) is 109 cm³/mol. The molecule has 2 heterocycles. The van der Waals surface area contributed by atoms with E-state index in [-0.39, 0.29) is 28.7 Å². The molecule has 1 aliphatic rings. The third-order valence-electron chi connectivity index (χ3n) is 5.04. The van der Waals surface area contributed by atoms with Crippen LogP contribution in [-0.2, 0) is 20.0 Å². The molecule has 0 bridgehead atoms. The molecule has 28 heavy (non-hydrogen) atoms. The Morgan fingerprint density at radius 2 is 1.96 bits per heavy atom. The van der Waals surface area contributed by atoms with Gasteiger partial charge >= 0.3 is 0 Å². The fourth-order valence-electron chi connectivity index (χ4n) is 3.34. The monoisotopic (exact) mass is 404 g/mol. The number of nitrogens with zero attached hydrogens (tertiary/aromatic N) is 3. The van der Waals surface area contributed by atoms with Gasteiger partial charge in [0.1, 0.15) is 5.82 Å². The summed E-state index contributed by atoms with van der Waals surface area (Å²) in [7, 11) is -3.22. The van der Waals surface area contributed by atoms with Gasteiger partial charge in [0.15, 0.2) is 15.7 Å². The lowest BCUT2D eigenvalue weighted by Gasteiger charge is -2.13. The first-order chi connectivity index (χ1) is 13.2. The molecule has 2 aromatic rings. The van der Waals surface area contributed by atoms with Gasteiger partial charge in [0.25, 0.3) is 0 Å². The van der Waals surface area contributed by atoms with E-state index in [1.165, 1.54) is 0 Å². The van der Waals surface area contributed by atoms with E-state index in [0.29, 0.717) is 24.5 Å². The van der Waals surface area contributed by atoms with Gasteiger partial charge in [0.2, 0.25) is 5.91 Å². The highest BCUT2D eigenvalue weighted by Gasteiger charge is 2.29. The molecule has 152 valence electrons. The molecule has 2 aromatic heterocycles. The Hall–Kier alpha value is -2.22. The number of hydrogen-bond acceptors (Lipinski definition) is 5. The highest BCUT2D eigenvalue weighted by molar-refractivity contribution is 7.92. The van der Waals surface area contributed by atoms with Crippen molar-refractivity contribution in [1.82, 2.24) is 14.8 Å². The van der Waals surface area contributed by atoms with Gasteiger partial charge in [-0.3, -0.25) is 4.79 Å². The van der Waals surface area contributed by atoms with Gasteiger partial charge in [0, 0.05) is 24.1 Å². The predicted octanol–water partition coefficient (Wildman–Crippen LogP) is 3.25. The molecule has 8 heteroatoms. The number of sulfone groups is 1. The van der Waals surface area contributed by atoms with Gasteiger partial charge < -0.3 is 5.32 Å². The van der Waals surface area contributed by atoms with E-state index >= 15 is 0 Å². The number of carbonyl (C=O) groups excluding carboxylic acids is 1. The second kappa shape index (κ2) is 8.03. The van der Waals surface area contributed by atoms with Gasteiger partial charge in [-0.15, -0.1) is 0 Å². The van der Waals surface area contributed by atoms with Crippen molar-refractivity contribution in [2.45, 2.75) is 63.5 Å². The molecular weight excluding hydrogens is 376 g/mol. The van der Waals surface area contributed by atoms with Gasteiger partial charge in [-0.1, -0.05) is 39.7 Å². The van der Waals surface area contributed by atoms with E-state index in [0.717, 1.165) is 18.5 Å². The Kier molecular flexibility index (Phi) is 5.88. The minimum atomic E-state index is -3.22. The van der Waals surface area contributed by atoms with E-state index < -0.39 is 9.84 Å². The number of pyridine rings is 1. The van der Waals surface area contributed by atoms with Crippen LogP contribution < -0.4 is 5.32 Å². The van der Waals surface area contributed by atoms with Gasteiger partial charge in [-0.25, -0.2) is 13.4 Å². The molecule has 0 radical (unpaired) electrons. The maximum Gasteiger partial charge on any atom is 0.226 e. The standard InChI is InChI=1S/C20H28N4O3S/c1-20(2,3)16-14-18(24(23-16)17-10-6-7-12-21-17)22-19(25)11-13-28(26,27)15-8-4-5-9-15/h6-7,10,12,14-15H,4-5,8-9,11,13H2,1-3H3,(H,22,25). The van der Waals surface area contributed by atoms with Crippen molar-refractivity contribution in [2.24, 2.45) is 0 Å². The number of rotatable bonds is 6. The maximum absolute atomic E-state index is 12.5. The Balaban J connectivity index is 1.75. The van der Waals surface area contributed by atoms with Crippen LogP contribution in [0, 0.1) is 0 Å². The number of amides is 1. The van der Waals surface area contributed by atoms with Crippen LogP contribution >= 0.6 is 0 Å². The van der Waals surface area contributed by atoms with Crippen LogP contribution in [0.25, 0.3) is 5.82 Å². The summed E-state index contributed by atoms with van der Waals surface area (Å²) in [5, 5.41) is 7.13. The first-order valence-corrected chi connectivity index (χ1v) is 11.4. The smallest absolute Gasteiger partial charge is 0.226 e. The Morgan fingerprint density at radius 1 is 1.25 bits per heavy atom. The summed E-state index contributed by atoms with van der Waals surface area (Å²) in [6, 6.07) is 7.28. The lowest BCUT2D eigenvalue weighted by molar-refractivity contribution is -0.115. The van der Waals surface area contributed by atoms with E-state index in [4.69, 9.17) is 0 Å². The first-order valence-electron chi connectivity index (χ1n) is 9.70. The summed E-state index contributed by atoms with van der Waals surface area (Å²) in [5.74, 6) is 0.630. The molecule has 3 rings (SSSR count). The molecule has 1 aliphatic carbocycles. The van der Waals surface area contributed by atoms with Crippen LogP contribution in [0.4, 0.5) is 5.82 Å². The highest BCUT2D eigenvalue weighted by atomic mass is 32.2. The highest BCUT2D eigenvalue weighted by Crippen LogP contribution is 2.27. The second-order valence-corrected chi connectivity index (χ2v) is 10.7. The number of nitrogens with one attached hydrogen (secondary N) is 1. The molecule has 7 nitrogen and oxygen atoms in total. The summed E-state index contributed by atoms with van der Waals surface area (Å²) in [6.07, 6.45) is 4.94. The van der Waals surface area contributed by atoms with Crippen molar-refractivity contribution < 1.29 is 13.2 Å². The van der Waals surface area contributed by atoms with E-state index in [1.807, 2.05) is 39.0 Å². The van der Waals surface area contributed by atoms with Crippen LogP contribution in [0.1, 0.15) is 58.6 Å². The normalized spacial score (nSPS) is 15.7. The van der Waals surface area contributed by atoms with E-state index in [9.17, 15) is 13.2 Å². The molecule has 0 saturated heterocycles. The largest absolute Gasteiger partial charge is 0.310 e. The summed E-state index contributed by atoms with van der Waals surface area (Å²) >= 11 is 0. The average Bonchev–Trinajstić information content (AvgIpc) is 3.31. The molecule has 0 unspecified atom stereocenters. The van der Waals surface area contributed by atoms with Crippen molar-refractivity contribution in [3.05, 3.63) is 36.2 Å². The average molecular weight is 405 g/mol. The molecule has 0 spiro atoms. The Morgan fingerprint density at radius 3 is 2.57 bits per heavy atom. The first kappa shape index (κ1) is 20.5. The van der Waals surface area contributed by atoms with Crippen LogP contribution in [0.5, 0.6) is 0 Å². The quantitative estimate of drug-likeness (QED) is 0.797. The molecule has 0 atom stereocenters. The van der Waals surface area contributed by atoms with Crippen molar-refractivity contribution in [1.29, 1.82) is 0 Å². The van der Waals surface area contributed by atoms with Crippen molar-refractivity contribution in [3.63, 3.8) is 0 Å². The van der Waals surface area contributed by atoms with Crippen LogP contribution in [0.3, 0.4) is 0 Å². The third kappa shape index (κ3) is 4.79. The SMILES string of the molecule is CC(C)(C)c1cc(NC(=O)CCS(=O)(=O)C2CCCC2)n(-c2ccccn2)n1. The molecule has 1 fully saturated rings. The zero-order valence-corrected chi connectivity index (χ0v) is 17.5. The fraction of sp³-hybridized carbons (Fsp3) is 0.550. The zero-order valence-electron chi connectivity index (χ0n) is 16.7. The molecular formula is C20H28N4O3S. The number of aromatic nitrogens is 3. The lowest BCUT2D eigenvalue weighted by atomic mass is 9.92. The van der Waals surface area contributed by atoms with Crippen molar-refractivity contribution >= 4 is 21.6 Å². The zero-order chi connectivity index (χ0) is 20.4. The van der Waals surface area contributed by atoms with Crippen molar-refractivity contribution in [2.75, 3.05) is 11.1 Å². The van der Waals surface area contributed by atoms with Gasteiger partial charge in [-0.2, -0.15) is 9.78 Å². The summed E-state index contributed by atoms with van der Waals surface area (Å²) in [6.45, 7) is 6.12. The van der Waals surface area contributed by atoms with Crippen LogP contribution in [0.2, 0.25) is 0 Å². The van der Waals surface area contributed by atoms with Crippen LogP contribution in [0.15, 0.2) is 30.5 Å².